The van der Waals surface area contributed by atoms with Gasteiger partial charge < -0.3 is 15.5 Å². The second-order valence-corrected chi connectivity index (χ2v) is 7.05. The number of hydrogen-bond donors (Lipinski definition) is 2. The molecule has 0 bridgehead atoms. The predicted octanol–water partition coefficient (Wildman–Crippen LogP) is 4.98. The third-order valence-corrected chi connectivity index (χ3v) is 4.87. The zero-order valence-electron chi connectivity index (χ0n) is 16.3. The molecule has 0 aliphatic carbocycles. The number of amides is 2. The molecule has 3 rings (SSSR count). The minimum absolute atomic E-state index is 0.0671. The normalized spacial score (nSPS) is 10.3. The van der Waals surface area contributed by atoms with E-state index in [2.05, 4.69) is 10.6 Å². The van der Waals surface area contributed by atoms with Crippen LogP contribution in [0.2, 0.25) is 5.02 Å². The van der Waals surface area contributed by atoms with Crippen LogP contribution in [0.5, 0.6) is 0 Å². The lowest BCUT2D eigenvalue weighted by molar-refractivity contribution is -0.114. The van der Waals surface area contributed by atoms with Crippen molar-refractivity contribution in [1.82, 2.24) is 0 Å². The fourth-order valence-corrected chi connectivity index (χ4v) is 2.96. The number of carbonyl (C=O) groups excluding carboxylic acids is 2. The minimum Gasteiger partial charge on any atom is -0.376 e. The van der Waals surface area contributed by atoms with Gasteiger partial charge in [0.05, 0.1) is 6.54 Å². The summed E-state index contributed by atoms with van der Waals surface area (Å²) in [5, 5.41) is 6.45. The van der Waals surface area contributed by atoms with E-state index in [4.69, 9.17) is 11.6 Å². The van der Waals surface area contributed by atoms with Gasteiger partial charge in [-0.2, -0.15) is 0 Å². The molecule has 3 aromatic rings. The summed E-state index contributed by atoms with van der Waals surface area (Å²) < 4.78 is 0. The Bertz CT molecular complexity index is 1020. The third kappa shape index (κ3) is 5.36. The van der Waals surface area contributed by atoms with Gasteiger partial charge in [-0.3, -0.25) is 9.59 Å². The molecule has 0 radical (unpaired) electrons. The van der Waals surface area contributed by atoms with Crippen LogP contribution in [-0.2, 0) is 4.79 Å². The Kier molecular flexibility index (Phi) is 6.52. The monoisotopic (exact) mass is 407 g/mol. The summed E-state index contributed by atoms with van der Waals surface area (Å²) in [7, 11) is 1.73. The Morgan fingerprint density at radius 3 is 2.41 bits per heavy atom. The molecule has 0 saturated carbocycles. The lowest BCUT2D eigenvalue weighted by Crippen LogP contribution is -2.26. The number of rotatable bonds is 6. The van der Waals surface area contributed by atoms with Crippen LogP contribution < -0.4 is 15.5 Å². The van der Waals surface area contributed by atoms with Crippen LogP contribution in [0.25, 0.3) is 0 Å². The molecule has 0 aliphatic rings. The number of anilines is 3. The van der Waals surface area contributed by atoms with Crippen molar-refractivity contribution in [2.75, 3.05) is 29.1 Å². The fourth-order valence-electron chi connectivity index (χ4n) is 2.78. The molecule has 0 spiro atoms. The summed E-state index contributed by atoms with van der Waals surface area (Å²) in [6.07, 6.45) is 0. The Morgan fingerprint density at radius 2 is 1.69 bits per heavy atom. The van der Waals surface area contributed by atoms with Crippen LogP contribution in [0.4, 0.5) is 17.1 Å². The zero-order valence-corrected chi connectivity index (χ0v) is 17.0. The van der Waals surface area contributed by atoms with Gasteiger partial charge in [0.2, 0.25) is 5.91 Å². The zero-order chi connectivity index (χ0) is 20.8. The molecule has 3 aromatic carbocycles. The van der Waals surface area contributed by atoms with E-state index in [-0.39, 0.29) is 18.4 Å². The largest absolute Gasteiger partial charge is 0.376 e. The first-order valence-electron chi connectivity index (χ1n) is 9.17. The molecule has 0 aromatic heterocycles. The predicted molar refractivity (Wildman–Crippen MR) is 119 cm³/mol. The van der Waals surface area contributed by atoms with Crippen molar-refractivity contribution in [3.05, 3.63) is 88.9 Å². The van der Waals surface area contributed by atoms with Crippen molar-refractivity contribution >= 4 is 40.5 Å². The van der Waals surface area contributed by atoms with Gasteiger partial charge in [0.15, 0.2) is 0 Å². The summed E-state index contributed by atoms with van der Waals surface area (Å²) in [5.74, 6) is -0.332. The Balaban J connectivity index is 1.61. The first-order valence-corrected chi connectivity index (χ1v) is 9.55. The van der Waals surface area contributed by atoms with E-state index in [9.17, 15) is 9.59 Å². The minimum atomic E-state index is -0.206. The van der Waals surface area contributed by atoms with Gasteiger partial charge in [0, 0.05) is 34.7 Å². The highest BCUT2D eigenvalue weighted by Crippen LogP contribution is 2.20. The van der Waals surface area contributed by atoms with Crippen LogP contribution in [0.15, 0.2) is 72.8 Å². The van der Waals surface area contributed by atoms with Gasteiger partial charge in [0.1, 0.15) is 0 Å². The number of nitrogens with one attached hydrogen (secondary N) is 2. The summed E-state index contributed by atoms with van der Waals surface area (Å²) in [4.78, 5) is 26.5. The van der Waals surface area contributed by atoms with Crippen molar-refractivity contribution in [2.24, 2.45) is 0 Å². The molecule has 0 saturated heterocycles. The summed E-state index contributed by atoms with van der Waals surface area (Å²) in [6, 6.07) is 21.9. The maximum atomic E-state index is 12.7. The number of halogens is 1. The molecule has 0 aliphatic heterocycles. The number of carbonyl (C=O) groups is 2. The van der Waals surface area contributed by atoms with Crippen LogP contribution in [-0.4, -0.2) is 25.4 Å². The van der Waals surface area contributed by atoms with E-state index in [0.29, 0.717) is 22.0 Å². The molecular weight excluding hydrogens is 386 g/mol. The molecule has 0 heterocycles. The van der Waals surface area contributed by atoms with E-state index in [1.54, 1.807) is 42.3 Å². The summed E-state index contributed by atoms with van der Waals surface area (Å²) in [6.45, 7) is 1.97. The Morgan fingerprint density at radius 1 is 0.931 bits per heavy atom. The molecule has 0 fully saturated rings. The van der Waals surface area contributed by atoms with Crippen molar-refractivity contribution in [1.29, 1.82) is 0 Å². The quantitative estimate of drug-likeness (QED) is 0.606. The lowest BCUT2D eigenvalue weighted by atomic mass is 10.1. The van der Waals surface area contributed by atoms with E-state index in [0.717, 1.165) is 11.3 Å². The van der Waals surface area contributed by atoms with E-state index in [1.807, 2.05) is 49.4 Å². The molecule has 2 amide bonds. The van der Waals surface area contributed by atoms with Crippen LogP contribution in [0.3, 0.4) is 0 Å². The van der Waals surface area contributed by atoms with E-state index < -0.39 is 0 Å². The second-order valence-electron chi connectivity index (χ2n) is 6.65. The highest BCUT2D eigenvalue weighted by molar-refractivity contribution is 6.31. The third-order valence-electron chi connectivity index (χ3n) is 4.47. The van der Waals surface area contributed by atoms with Gasteiger partial charge >= 0.3 is 0 Å². The van der Waals surface area contributed by atoms with Crippen molar-refractivity contribution in [3.8, 4) is 0 Å². The number of hydrogen-bond acceptors (Lipinski definition) is 3. The molecule has 5 nitrogen and oxygen atoms in total. The first-order chi connectivity index (χ1) is 13.9. The van der Waals surface area contributed by atoms with Gasteiger partial charge in [-0.1, -0.05) is 41.9 Å². The maximum absolute atomic E-state index is 12.7. The molecular formula is C23H22ClN3O2. The molecule has 0 atom stereocenters. The molecule has 148 valence electrons. The molecule has 29 heavy (non-hydrogen) atoms. The molecule has 2 N–H and O–H groups in total. The number of nitrogens with zero attached hydrogens (tertiary/aromatic N) is 1. The average Bonchev–Trinajstić information content (AvgIpc) is 2.74. The number of para-hydroxylation sites is 1. The van der Waals surface area contributed by atoms with Gasteiger partial charge in [0.25, 0.3) is 5.91 Å². The lowest BCUT2D eigenvalue weighted by Gasteiger charge is -2.18. The molecule has 0 unspecified atom stereocenters. The number of benzene rings is 3. The highest BCUT2D eigenvalue weighted by atomic mass is 35.5. The average molecular weight is 408 g/mol. The maximum Gasteiger partial charge on any atom is 0.258 e. The van der Waals surface area contributed by atoms with Crippen molar-refractivity contribution in [3.63, 3.8) is 0 Å². The first kappa shape index (κ1) is 20.4. The van der Waals surface area contributed by atoms with Crippen LogP contribution >= 0.6 is 11.6 Å². The van der Waals surface area contributed by atoms with Gasteiger partial charge in [-0.25, -0.2) is 0 Å². The topological polar surface area (TPSA) is 61.4 Å². The molecule has 6 heteroatoms. The van der Waals surface area contributed by atoms with Crippen molar-refractivity contribution in [2.45, 2.75) is 6.92 Å². The van der Waals surface area contributed by atoms with E-state index >= 15 is 0 Å². The van der Waals surface area contributed by atoms with E-state index in [1.165, 1.54) is 0 Å². The van der Waals surface area contributed by atoms with Crippen LogP contribution in [0, 0.1) is 6.92 Å². The SMILES string of the molecule is Cc1ccc(NC(=O)CNc2cccc(C(=O)N(C)c3ccccc3)c2)cc1Cl. The smallest absolute Gasteiger partial charge is 0.258 e. The highest BCUT2D eigenvalue weighted by Gasteiger charge is 2.14. The van der Waals surface area contributed by atoms with Gasteiger partial charge in [-0.05, 0) is 55.0 Å². The fraction of sp³-hybridized carbons (Fsp3) is 0.130. The Hall–Kier alpha value is -3.31. The van der Waals surface area contributed by atoms with Crippen LogP contribution in [0.1, 0.15) is 15.9 Å². The summed E-state index contributed by atoms with van der Waals surface area (Å²) >= 11 is 6.08. The number of aryl methyl sites for hydroxylation is 1. The standard InChI is InChI=1S/C23H22ClN3O2/c1-16-11-12-19(14-21(16)24)26-22(28)15-25-18-8-6-7-17(13-18)23(29)27(2)20-9-4-3-5-10-20/h3-14,25H,15H2,1-2H3,(H,26,28). The van der Waals surface area contributed by atoms with Gasteiger partial charge in [-0.15, -0.1) is 0 Å². The van der Waals surface area contributed by atoms with Crippen molar-refractivity contribution < 1.29 is 9.59 Å². The summed E-state index contributed by atoms with van der Waals surface area (Å²) in [5.41, 5.74) is 3.62. The Labute approximate surface area is 175 Å². The second kappa shape index (κ2) is 9.26.